The van der Waals surface area contributed by atoms with E-state index in [1.54, 1.807) is 23.6 Å². The summed E-state index contributed by atoms with van der Waals surface area (Å²) < 4.78 is 11.4. The summed E-state index contributed by atoms with van der Waals surface area (Å²) in [5, 5.41) is 7.84. The highest BCUT2D eigenvalue weighted by Crippen LogP contribution is 2.29. The number of nitrogens with zero attached hydrogens (tertiary/aromatic N) is 2. The first-order chi connectivity index (χ1) is 15.0. The monoisotopic (exact) mass is 454 g/mol. The van der Waals surface area contributed by atoms with Gasteiger partial charge in [-0.1, -0.05) is 23.5 Å². The number of aromatic nitrogens is 2. The van der Waals surface area contributed by atoms with E-state index in [0.29, 0.717) is 27.3 Å². The number of anilines is 2. The van der Waals surface area contributed by atoms with Gasteiger partial charge >= 0.3 is 0 Å². The van der Waals surface area contributed by atoms with Crippen molar-refractivity contribution in [1.82, 2.24) is 9.97 Å². The molecule has 31 heavy (non-hydrogen) atoms. The molecule has 2 aromatic heterocycles. The molecule has 8 nitrogen and oxygen atoms in total. The number of methoxy groups -OCH3 is 2. The smallest absolute Gasteiger partial charge is 0.276 e. The van der Waals surface area contributed by atoms with Gasteiger partial charge in [-0.05, 0) is 30.7 Å². The molecule has 0 unspecified atom stereocenters. The lowest BCUT2D eigenvalue weighted by Crippen LogP contribution is -2.14. The summed E-state index contributed by atoms with van der Waals surface area (Å²) in [5.74, 6) is 0.209. The topological polar surface area (TPSA) is 102 Å². The van der Waals surface area contributed by atoms with Crippen molar-refractivity contribution in [2.75, 3.05) is 24.9 Å². The fraction of sp³-hybridized carbons (Fsp3) is 0.143. The van der Waals surface area contributed by atoms with Crippen LogP contribution < -0.4 is 20.1 Å². The first-order valence-electron chi connectivity index (χ1n) is 9.14. The number of thiazole rings is 2. The third-order valence-electron chi connectivity index (χ3n) is 4.41. The summed E-state index contributed by atoms with van der Waals surface area (Å²) >= 11 is 2.55. The van der Waals surface area contributed by atoms with Crippen LogP contribution in [0.5, 0.6) is 11.5 Å². The lowest BCUT2D eigenvalue weighted by Gasteiger charge is -2.08. The van der Waals surface area contributed by atoms with Crippen LogP contribution in [-0.4, -0.2) is 36.0 Å². The molecule has 0 saturated carbocycles. The minimum atomic E-state index is -0.392. The molecule has 0 atom stereocenters. The summed E-state index contributed by atoms with van der Waals surface area (Å²) in [6.45, 7) is 1.97. The van der Waals surface area contributed by atoms with Gasteiger partial charge in [-0.2, -0.15) is 0 Å². The predicted molar refractivity (Wildman–Crippen MR) is 122 cm³/mol. The Morgan fingerprint density at radius 3 is 2.32 bits per heavy atom. The number of rotatable bonds is 6. The van der Waals surface area contributed by atoms with Crippen LogP contribution in [0, 0.1) is 6.92 Å². The van der Waals surface area contributed by atoms with Crippen LogP contribution in [0.2, 0.25) is 0 Å². The van der Waals surface area contributed by atoms with Crippen molar-refractivity contribution >= 4 is 55.0 Å². The van der Waals surface area contributed by atoms with E-state index in [4.69, 9.17) is 9.47 Å². The van der Waals surface area contributed by atoms with Crippen LogP contribution in [0.1, 0.15) is 26.4 Å². The molecule has 10 heteroatoms. The Morgan fingerprint density at radius 2 is 1.65 bits per heavy atom. The SMILES string of the molecule is COc1cc(OC)cc(C(=O)Nc2nc(C(=O)Nc3nc4c(C)cccc4s3)cs2)c1. The van der Waals surface area contributed by atoms with Gasteiger partial charge in [-0.25, -0.2) is 9.97 Å². The van der Waals surface area contributed by atoms with Gasteiger partial charge in [0.15, 0.2) is 10.3 Å². The molecule has 0 aliphatic heterocycles. The first-order valence-corrected chi connectivity index (χ1v) is 10.8. The molecule has 4 aromatic rings. The molecule has 0 bridgehead atoms. The lowest BCUT2D eigenvalue weighted by atomic mass is 10.2. The summed E-state index contributed by atoms with van der Waals surface area (Å²) in [7, 11) is 3.02. The molecule has 0 radical (unpaired) electrons. The second-order valence-corrected chi connectivity index (χ2v) is 8.38. The Morgan fingerprint density at radius 1 is 0.935 bits per heavy atom. The molecule has 0 spiro atoms. The van der Waals surface area contributed by atoms with Crippen LogP contribution >= 0.6 is 22.7 Å². The van der Waals surface area contributed by atoms with Gasteiger partial charge in [0, 0.05) is 17.0 Å². The van der Waals surface area contributed by atoms with Crippen molar-refractivity contribution in [1.29, 1.82) is 0 Å². The number of carbonyl (C=O) groups is 2. The summed E-state index contributed by atoms with van der Waals surface area (Å²) in [4.78, 5) is 33.8. The number of nitrogens with one attached hydrogen (secondary N) is 2. The van der Waals surface area contributed by atoms with Crippen molar-refractivity contribution in [3.05, 3.63) is 58.6 Å². The largest absolute Gasteiger partial charge is 0.497 e. The Hall–Kier alpha value is -3.50. The molecule has 2 N–H and O–H groups in total. The van der Waals surface area contributed by atoms with E-state index in [2.05, 4.69) is 20.6 Å². The van der Waals surface area contributed by atoms with E-state index in [1.807, 2.05) is 25.1 Å². The fourth-order valence-electron chi connectivity index (χ4n) is 2.84. The van der Waals surface area contributed by atoms with Gasteiger partial charge in [-0.15, -0.1) is 11.3 Å². The number of hydrogen-bond donors (Lipinski definition) is 2. The number of amides is 2. The normalized spacial score (nSPS) is 10.7. The van der Waals surface area contributed by atoms with Gasteiger partial charge in [0.1, 0.15) is 17.2 Å². The van der Waals surface area contributed by atoms with Crippen molar-refractivity contribution in [2.45, 2.75) is 6.92 Å². The number of para-hydroxylation sites is 1. The van der Waals surface area contributed by atoms with Crippen molar-refractivity contribution in [3.8, 4) is 11.5 Å². The van der Waals surface area contributed by atoms with Gasteiger partial charge < -0.3 is 9.47 Å². The molecule has 0 aliphatic carbocycles. The Bertz CT molecular complexity index is 1260. The maximum Gasteiger partial charge on any atom is 0.276 e. The Balaban J connectivity index is 1.46. The van der Waals surface area contributed by atoms with E-state index in [0.717, 1.165) is 27.1 Å². The lowest BCUT2D eigenvalue weighted by molar-refractivity contribution is 0.101. The van der Waals surface area contributed by atoms with Crippen LogP contribution in [0.15, 0.2) is 41.8 Å². The fourth-order valence-corrected chi connectivity index (χ4v) is 4.47. The molecule has 0 aliphatic rings. The molecule has 0 fully saturated rings. The van der Waals surface area contributed by atoms with E-state index < -0.39 is 5.91 Å². The number of carbonyl (C=O) groups excluding carboxylic acids is 2. The summed E-state index contributed by atoms with van der Waals surface area (Å²) in [5.41, 5.74) is 2.45. The molecular formula is C21H18N4O4S2. The van der Waals surface area contributed by atoms with Crippen LogP contribution in [0.25, 0.3) is 10.2 Å². The van der Waals surface area contributed by atoms with E-state index in [1.165, 1.54) is 25.6 Å². The minimum absolute atomic E-state index is 0.194. The minimum Gasteiger partial charge on any atom is -0.497 e. The molecule has 2 heterocycles. The number of ether oxygens (including phenoxy) is 2. The van der Waals surface area contributed by atoms with Crippen LogP contribution in [0.3, 0.4) is 0 Å². The highest BCUT2D eigenvalue weighted by molar-refractivity contribution is 7.22. The molecule has 2 aromatic carbocycles. The average molecular weight is 455 g/mol. The molecular weight excluding hydrogens is 436 g/mol. The third kappa shape index (κ3) is 4.49. The average Bonchev–Trinajstić information content (AvgIpc) is 3.40. The van der Waals surface area contributed by atoms with Crippen molar-refractivity contribution in [2.24, 2.45) is 0 Å². The van der Waals surface area contributed by atoms with E-state index in [9.17, 15) is 9.59 Å². The van der Waals surface area contributed by atoms with E-state index >= 15 is 0 Å². The van der Waals surface area contributed by atoms with E-state index in [-0.39, 0.29) is 11.6 Å². The highest BCUT2D eigenvalue weighted by atomic mass is 32.1. The predicted octanol–water partition coefficient (Wildman–Crippen LogP) is 4.58. The quantitative estimate of drug-likeness (QED) is 0.442. The standard InChI is InChI=1S/C21H18N4O4S2/c1-11-5-4-6-16-17(11)23-21(31-16)25-19(27)15-10-30-20(22-15)24-18(26)12-7-13(28-2)9-14(8-12)29-3/h4-10H,1-3H3,(H,22,24,26)(H,23,25,27). The zero-order valence-corrected chi connectivity index (χ0v) is 18.5. The Labute approximate surface area is 185 Å². The first kappa shape index (κ1) is 20.8. The second kappa shape index (κ2) is 8.70. The zero-order chi connectivity index (χ0) is 22.0. The molecule has 4 rings (SSSR count). The molecule has 158 valence electrons. The highest BCUT2D eigenvalue weighted by Gasteiger charge is 2.16. The van der Waals surface area contributed by atoms with Crippen molar-refractivity contribution in [3.63, 3.8) is 0 Å². The second-order valence-electron chi connectivity index (χ2n) is 6.49. The van der Waals surface area contributed by atoms with Crippen LogP contribution in [-0.2, 0) is 0 Å². The Kier molecular flexibility index (Phi) is 5.83. The van der Waals surface area contributed by atoms with Gasteiger partial charge in [-0.3, -0.25) is 20.2 Å². The number of benzene rings is 2. The summed E-state index contributed by atoms with van der Waals surface area (Å²) in [6, 6.07) is 10.7. The van der Waals surface area contributed by atoms with Gasteiger partial charge in [0.2, 0.25) is 0 Å². The summed E-state index contributed by atoms with van der Waals surface area (Å²) in [6.07, 6.45) is 0. The molecule has 0 saturated heterocycles. The van der Waals surface area contributed by atoms with Gasteiger partial charge in [0.25, 0.3) is 11.8 Å². The maximum atomic E-state index is 12.6. The number of fused-ring (bicyclic) bond motifs is 1. The molecule has 2 amide bonds. The number of hydrogen-bond acceptors (Lipinski definition) is 8. The van der Waals surface area contributed by atoms with Crippen LogP contribution in [0.4, 0.5) is 10.3 Å². The number of aryl methyl sites for hydroxylation is 1. The van der Waals surface area contributed by atoms with Crippen molar-refractivity contribution < 1.29 is 19.1 Å². The van der Waals surface area contributed by atoms with Gasteiger partial charge in [0.05, 0.1) is 24.4 Å². The zero-order valence-electron chi connectivity index (χ0n) is 16.9. The third-order valence-corrected chi connectivity index (χ3v) is 6.11. The maximum absolute atomic E-state index is 12.6.